The number of pyridine rings is 1. The van der Waals surface area contributed by atoms with Crippen molar-refractivity contribution >= 4 is 35.0 Å². The van der Waals surface area contributed by atoms with Gasteiger partial charge in [-0.25, -0.2) is 14.5 Å². The van der Waals surface area contributed by atoms with Gasteiger partial charge in [0.15, 0.2) is 5.65 Å². The Balaban J connectivity index is 1.75. The molecule has 0 spiro atoms. The van der Waals surface area contributed by atoms with Crippen molar-refractivity contribution in [2.45, 2.75) is 18.2 Å². The highest BCUT2D eigenvalue weighted by Gasteiger charge is 2.09. The number of hydrogen-bond donors (Lipinski definition) is 0. The molecule has 3 rings (SSSR count). The highest BCUT2D eigenvalue weighted by Crippen LogP contribution is 2.29. The summed E-state index contributed by atoms with van der Waals surface area (Å²) in [4.78, 5) is 20.7. The van der Waals surface area contributed by atoms with Gasteiger partial charge in [-0.15, -0.1) is 11.8 Å². The van der Waals surface area contributed by atoms with Crippen LogP contribution in [0, 0.1) is 11.8 Å². The van der Waals surface area contributed by atoms with E-state index in [4.69, 9.17) is 16.3 Å². The topological polar surface area (TPSA) is 69.4 Å². The van der Waals surface area contributed by atoms with Crippen LogP contribution in [0.3, 0.4) is 0 Å². The predicted molar refractivity (Wildman–Crippen MR) is 100 cm³/mol. The number of thioether (sulfide) groups is 1. The van der Waals surface area contributed by atoms with Crippen molar-refractivity contribution in [3.8, 4) is 11.8 Å². The smallest absolute Gasteiger partial charge is 0.306 e. The third kappa shape index (κ3) is 4.34. The van der Waals surface area contributed by atoms with Crippen LogP contribution in [0.1, 0.15) is 24.7 Å². The molecule has 0 saturated heterocycles. The average molecular weight is 387 g/mol. The van der Waals surface area contributed by atoms with Crippen LogP contribution in [0.5, 0.6) is 0 Å². The highest BCUT2D eigenvalue weighted by molar-refractivity contribution is 7.99. The molecule has 8 heteroatoms. The minimum absolute atomic E-state index is 0.217. The molecular weight excluding hydrogens is 372 g/mol. The standard InChI is InChI=1S/C18H15ClN4O2S/c1-2-25-17(24)8-11-26-15-7-10-20-14(18(15)19)6-5-13-12-21-16-4-3-9-22-23(13)16/h3-4,7,9-10,12H,2,8,11H2,1H3. The lowest BCUT2D eigenvalue weighted by Crippen LogP contribution is -2.04. The van der Waals surface area contributed by atoms with E-state index in [0.717, 1.165) is 10.5 Å². The van der Waals surface area contributed by atoms with E-state index >= 15 is 0 Å². The minimum Gasteiger partial charge on any atom is -0.466 e. The molecule has 0 radical (unpaired) electrons. The van der Waals surface area contributed by atoms with E-state index in [0.29, 0.717) is 35.2 Å². The molecule has 0 aliphatic rings. The molecule has 0 aromatic carbocycles. The van der Waals surface area contributed by atoms with E-state index in [1.54, 1.807) is 36.1 Å². The van der Waals surface area contributed by atoms with Crippen LogP contribution in [0.25, 0.3) is 5.65 Å². The number of ether oxygens (including phenoxy) is 1. The van der Waals surface area contributed by atoms with E-state index in [2.05, 4.69) is 26.9 Å². The van der Waals surface area contributed by atoms with Gasteiger partial charge in [0.1, 0.15) is 11.4 Å². The van der Waals surface area contributed by atoms with Gasteiger partial charge in [0.2, 0.25) is 0 Å². The summed E-state index contributed by atoms with van der Waals surface area (Å²) in [5.74, 6) is 6.33. The quantitative estimate of drug-likeness (QED) is 0.381. The summed E-state index contributed by atoms with van der Waals surface area (Å²) in [5, 5.41) is 4.68. The van der Waals surface area contributed by atoms with Crippen LogP contribution < -0.4 is 0 Å². The Morgan fingerprint density at radius 3 is 3.04 bits per heavy atom. The zero-order valence-corrected chi connectivity index (χ0v) is 15.5. The summed E-state index contributed by atoms with van der Waals surface area (Å²) >= 11 is 7.87. The zero-order chi connectivity index (χ0) is 18.4. The molecule has 6 nitrogen and oxygen atoms in total. The SMILES string of the molecule is CCOC(=O)CCSc1ccnc(C#Cc2cnc3cccnn23)c1Cl. The lowest BCUT2D eigenvalue weighted by atomic mass is 10.3. The number of fused-ring (bicyclic) bond motifs is 1. The van der Waals surface area contributed by atoms with Gasteiger partial charge >= 0.3 is 5.97 Å². The number of esters is 1. The molecular formula is C18H15ClN4O2S. The van der Waals surface area contributed by atoms with Gasteiger partial charge in [-0.3, -0.25) is 4.79 Å². The van der Waals surface area contributed by atoms with E-state index in [1.807, 2.05) is 12.1 Å². The Labute approximate surface area is 159 Å². The third-order valence-electron chi connectivity index (χ3n) is 3.31. The fourth-order valence-electron chi connectivity index (χ4n) is 2.14. The van der Waals surface area contributed by atoms with E-state index in [9.17, 15) is 4.79 Å². The van der Waals surface area contributed by atoms with Crippen molar-refractivity contribution in [1.82, 2.24) is 19.6 Å². The summed E-state index contributed by atoms with van der Waals surface area (Å²) in [5.41, 5.74) is 1.84. The second-order valence-corrected chi connectivity index (χ2v) is 6.58. The van der Waals surface area contributed by atoms with Gasteiger partial charge in [0.05, 0.1) is 24.2 Å². The molecule has 0 saturated carbocycles. The summed E-state index contributed by atoms with van der Waals surface area (Å²) in [6.07, 6.45) is 5.30. The van der Waals surface area contributed by atoms with Crippen molar-refractivity contribution in [2.24, 2.45) is 0 Å². The van der Waals surface area contributed by atoms with Crippen LogP contribution in [0.4, 0.5) is 0 Å². The van der Waals surface area contributed by atoms with E-state index in [1.165, 1.54) is 11.8 Å². The zero-order valence-electron chi connectivity index (χ0n) is 14.0. The number of nitrogens with zero attached hydrogens (tertiary/aromatic N) is 4. The first-order valence-electron chi connectivity index (χ1n) is 7.92. The molecule has 0 amide bonds. The predicted octanol–water partition coefficient (Wildman–Crippen LogP) is 3.22. The lowest BCUT2D eigenvalue weighted by molar-refractivity contribution is -0.142. The highest BCUT2D eigenvalue weighted by atomic mass is 35.5. The number of rotatable bonds is 5. The Hall–Kier alpha value is -2.56. The number of carbonyl (C=O) groups excluding carboxylic acids is 1. The number of aromatic nitrogens is 4. The monoisotopic (exact) mass is 386 g/mol. The first kappa shape index (κ1) is 18.2. The first-order chi connectivity index (χ1) is 12.7. The lowest BCUT2D eigenvalue weighted by Gasteiger charge is -2.05. The van der Waals surface area contributed by atoms with Gasteiger partial charge in [-0.05, 0) is 37.0 Å². The normalized spacial score (nSPS) is 10.4. The maximum atomic E-state index is 11.4. The summed E-state index contributed by atoms with van der Waals surface area (Å²) in [6.45, 7) is 2.17. The Kier molecular flexibility index (Phi) is 6.10. The average Bonchev–Trinajstić information content (AvgIpc) is 3.06. The summed E-state index contributed by atoms with van der Waals surface area (Å²) in [6, 6.07) is 5.47. The molecule has 26 heavy (non-hydrogen) atoms. The number of halogens is 1. The van der Waals surface area contributed by atoms with Crippen molar-refractivity contribution < 1.29 is 9.53 Å². The molecule has 0 bridgehead atoms. The minimum atomic E-state index is -0.217. The Morgan fingerprint density at radius 2 is 2.19 bits per heavy atom. The first-order valence-corrected chi connectivity index (χ1v) is 9.29. The largest absolute Gasteiger partial charge is 0.466 e. The molecule has 0 fully saturated rings. The maximum absolute atomic E-state index is 11.4. The number of imidazole rings is 1. The maximum Gasteiger partial charge on any atom is 0.306 e. The van der Waals surface area contributed by atoms with Crippen LogP contribution in [-0.2, 0) is 9.53 Å². The summed E-state index contributed by atoms with van der Waals surface area (Å²) in [7, 11) is 0. The molecule has 0 N–H and O–H groups in total. The second kappa shape index (κ2) is 8.70. The number of carbonyl (C=O) groups is 1. The molecule has 3 aromatic rings. The summed E-state index contributed by atoms with van der Waals surface area (Å²) < 4.78 is 6.57. The van der Waals surface area contributed by atoms with Crippen LogP contribution in [0.2, 0.25) is 5.02 Å². The van der Waals surface area contributed by atoms with Gasteiger partial charge in [-0.2, -0.15) is 5.10 Å². The van der Waals surface area contributed by atoms with Crippen molar-refractivity contribution in [2.75, 3.05) is 12.4 Å². The van der Waals surface area contributed by atoms with Crippen LogP contribution >= 0.6 is 23.4 Å². The second-order valence-electron chi connectivity index (χ2n) is 5.06. The van der Waals surface area contributed by atoms with Gasteiger partial charge < -0.3 is 4.74 Å². The van der Waals surface area contributed by atoms with Crippen molar-refractivity contribution in [3.63, 3.8) is 0 Å². The van der Waals surface area contributed by atoms with E-state index in [-0.39, 0.29) is 5.97 Å². The molecule has 0 aliphatic heterocycles. The molecule has 3 heterocycles. The fourth-order valence-corrected chi connectivity index (χ4v) is 3.33. The molecule has 3 aromatic heterocycles. The number of hydrogen-bond acceptors (Lipinski definition) is 6. The van der Waals surface area contributed by atoms with Crippen LogP contribution in [-0.4, -0.2) is 37.9 Å². The Morgan fingerprint density at radius 1 is 1.31 bits per heavy atom. The van der Waals surface area contributed by atoms with Crippen molar-refractivity contribution in [1.29, 1.82) is 0 Å². The Bertz CT molecular complexity index is 994. The van der Waals surface area contributed by atoms with Crippen molar-refractivity contribution in [3.05, 3.63) is 53.2 Å². The molecule has 0 atom stereocenters. The van der Waals surface area contributed by atoms with Gasteiger partial charge in [0.25, 0.3) is 0 Å². The van der Waals surface area contributed by atoms with E-state index < -0.39 is 0 Å². The molecule has 0 aliphatic carbocycles. The molecule has 0 unspecified atom stereocenters. The van der Waals surface area contributed by atoms with Gasteiger partial charge in [-0.1, -0.05) is 11.6 Å². The van der Waals surface area contributed by atoms with Gasteiger partial charge in [0, 0.05) is 23.0 Å². The van der Waals surface area contributed by atoms with Crippen LogP contribution in [0.15, 0.2) is 41.7 Å². The third-order valence-corrected chi connectivity index (χ3v) is 4.86. The molecule has 132 valence electrons. The fraction of sp³-hybridized carbons (Fsp3) is 0.222.